The maximum absolute atomic E-state index is 12.3. The first-order valence-corrected chi connectivity index (χ1v) is 9.90. The van der Waals surface area contributed by atoms with Gasteiger partial charge in [-0.15, -0.1) is 11.3 Å². The average Bonchev–Trinajstić information content (AvgIpc) is 3.20. The molecule has 0 atom stereocenters. The third kappa shape index (κ3) is 4.19. The number of anilines is 1. The number of hydrogen-bond acceptors (Lipinski definition) is 5. The smallest absolute Gasteiger partial charge is 0.348 e. The van der Waals surface area contributed by atoms with Crippen LogP contribution >= 0.6 is 11.3 Å². The molecule has 7 heteroatoms. The lowest BCUT2D eigenvalue weighted by Crippen LogP contribution is -2.27. The van der Waals surface area contributed by atoms with Gasteiger partial charge in [-0.2, -0.15) is 0 Å². The van der Waals surface area contributed by atoms with Crippen molar-refractivity contribution < 1.29 is 19.1 Å². The molecule has 2 aliphatic rings. The van der Waals surface area contributed by atoms with Crippen LogP contribution in [0, 0.1) is 0 Å². The summed E-state index contributed by atoms with van der Waals surface area (Å²) in [6.07, 6.45) is 5.12. The van der Waals surface area contributed by atoms with Crippen molar-refractivity contribution in [2.75, 3.05) is 11.9 Å². The molecular weight excluding hydrogens is 364 g/mol. The number of para-hydroxylation sites is 1. The Morgan fingerprint density at radius 1 is 1.15 bits per heavy atom. The summed E-state index contributed by atoms with van der Waals surface area (Å²) in [5.74, 6) is -1.16. The molecule has 140 valence electrons. The van der Waals surface area contributed by atoms with Gasteiger partial charge < -0.3 is 15.4 Å². The van der Waals surface area contributed by atoms with Gasteiger partial charge in [0.2, 0.25) is 0 Å². The Kier molecular flexibility index (Phi) is 4.94. The third-order valence-corrected chi connectivity index (χ3v) is 5.86. The standard InChI is InChI=1S/C20H20N2O4S/c23-18(11-26-20(25)17-10-12-4-3-7-16(12)27-17)22-15-6-2-1-5-14(15)19(24)21-13-8-9-13/h1-2,5-6,10,13H,3-4,7-9,11H2,(H,21,24)(H,22,23). The van der Waals surface area contributed by atoms with E-state index in [1.54, 1.807) is 24.3 Å². The highest BCUT2D eigenvalue weighted by atomic mass is 32.1. The van der Waals surface area contributed by atoms with Crippen molar-refractivity contribution >= 4 is 34.8 Å². The third-order valence-electron chi connectivity index (χ3n) is 4.64. The van der Waals surface area contributed by atoms with Gasteiger partial charge in [0.15, 0.2) is 6.61 Å². The lowest BCUT2D eigenvalue weighted by molar-refractivity contribution is -0.119. The summed E-state index contributed by atoms with van der Waals surface area (Å²) in [5.41, 5.74) is 2.03. The van der Waals surface area contributed by atoms with Crippen LogP contribution in [0.1, 0.15) is 49.7 Å². The Hall–Kier alpha value is -2.67. The van der Waals surface area contributed by atoms with E-state index in [-0.39, 0.29) is 18.6 Å². The monoisotopic (exact) mass is 384 g/mol. The molecule has 2 aliphatic carbocycles. The first-order valence-electron chi connectivity index (χ1n) is 9.08. The second-order valence-corrected chi connectivity index (χ2v) is 7.97. The molecule has 0 unspecified atom stereocenters. The average molecular weight is 384 g/mol. The van der Waals surface area contributed by atoms with E-state index in [0.29, 0.717) is 16.1 Å². The van der Waals surface area contributed by atoms with Crippen LogP contribution in [-0.2, 0) is 22.4 Å². The van der Waals surface area contributed by atoms with E-state index in [2.05, 4.69) is 10.6 Å². The summed E-state index contributed by atoms with van der Waals surface area (Å²) < 4.78 is 5.13. The van der Waals surface area contributed by atoms with Gasteiger partial charge in [-0.05, 0) is 55.9 Å². The number of carbonyl (C=O) groups is 3. The van der Waals surface area contributed by atoms with Crippen molar-refractivity contribution in [1.29, 1.82) is 0 Å². The van der Waals surface area contributed by atoms with Crippen molar-refractivity contribution in [3.63, 3.8) is 0 Å². The molecule has 0 saturated heterocycles. The van der Waals surface area contributed by atoms with Crippen LogP contribution in [0.4, 0.5) is 5.69 Å². The number of esters is 1. The van der Waals surface area contributed by atoms with Crippen LogP contribution in [0.2, 0.25) is 0 Å². The lowest BCUT2D eigenvalue weighted by atomic mass is 10.1. The van der Waals surface area contributed by atoms with Crippen LogP contribution in [0.25, 0.3) is 0 Å². The second kappa shape index (κ2) is 7.52. The molecule has 0 aliphatic heterocycles. The minimum absolute atomic E-state index is 0.210. The summed E-state index contributed by atoms with van der Waals surface area (Å²) in [4.78, 5) is 38.4. The Morgan fingerprint density at radius 3 is 2.74 bits per heavy atom. The van der Waals surface area contributed by atoms with Crippen LogP contribution in [-0.4, -0.2) is 30.4 Å². The number of amides is 2. The Bertz CT molecular complexity index is 880. The van der Waals surface area contributed by atoms with Gasteiger partial charge >= 0.3 is 5.97 Å². The number of fused-ring (bicyclic) bond motifs is 1. The predicted octanol–water partition coefficient (Wildman–Crippen LogP) is 2.92. The van der Waals surface area contributed by atoms with E-state index < -0.39 is 11.9 Å². The van der Waals surface area contributed by atoms with E-state index in [1.807, 2.05) is 6.07 Å². The molecular formula is C20H20N2O4S. The topological polar surface area (TPSA) is 84.5 Å². The van der Waals surface area contributed by atoms with E-state index in [9.17, 15) is 14.4 Å². The lowest BCUT2D eigenvalue weighted by Gasteiger charge is -2.11. The maximum Gasteiger partial charge on any atom is 0.348 e. The van der Waals surface area contributed by atoms with E-state index >= 15 is 0 Å². The highest BCUT2D eigenvalue weighted by molar-refractivity contribution is 7.14. The molecule has 1 saturated carbocycles. The van der Waals surface area contributed by atoms with Gasteiger partial charge in [-0.25, -0.2) is 4.79 Å². The molecule has 1 aromatic heterocycles. The number of ether oxygens (including phenoxy) is 1. The van der Waals surface area contributed by atoms with E-state index in [0.717, 1.165) is 32.1 Å². The molecule has 0 bridgehead atoms. The van der Waals surface area contributed by atoms with Crippen LogP contribution in [0.5, 0.6) is 0 Å². The van der Waals surface area contributed by atoms with E-state index in [4.69, 9.17) is 4.74 Å². The SMILES string of the molecule is O=C(COC(=O)c1cc2c(s1)CCC2)Nc1ccccc1C(=O)NC1CC1. The van der Waals surface area contributed by atoms with Crippen molar-refractivity contribution in [3.05, 3.63) is 51.2 Å². The fraction of sp³-hybridized carbons (Fsp3) is 0.350. The van der Waals surface area contributed by atoms with Crippen molar-refractivity contribution in [3.8, 4) is 0 Å². The van der Waals surface area contributed by atoms with E-state index in [1.165, 1.54) is 21.8 Å². The molecule has 27 heavy (non-hydrogen) atoms. The Morgan fingerprint density at radius 2 is 1.96 bits per heavy atom. The number of hydrogen-bond donors (Lipinski definition) is 2. The zero-order valence-corrected chi connectivity index (χ0v) is 15.6. The molecule has 0 radical (unpaired) electrons. The Balaban J connectivity index is 1.33. The highest BCUT2D eigenvalue weighted by Crippen LogP contribution is 2.31. The van der Waals surface area contributed by atoms with Crippen molar-refractivity contribution in [2.24, 2.45) is 0 Å². The number of nitrogens with one attached hydrogen (secondary N) is 2. The summed E-state index contributed by atoms with van der Waals surface area (Å²) >= 11 is 1.44. The minimum atomic E-state index is -0.482. The number of aryl methyl sites for hydroxylation is 2. The molecule has 0 spiro atoms. The van der Waals surface area contributed by atoms with Gasteiger partial charge in [-0.1, -0.05) is 12.1 Å². The number of carbonyl (C=O) groups excluding carboxylic acids is 3. The number of benzene rings is 1. The fourth-order valence-electron chi connectivity index (χ4n) is 3.10. The molecule has 1 heterocycles. The van der Waals surface area contributed by atoms with Gasteiger partial charge in [0.1, 0.15) is 4.88 Å². The molecule has 1 aromatic carbocycles. The summed E-state index contributed by atoms with van der Waals surface area (Å²) in [6, 6.07) is 8.90. The van der Waals surface area contributed by atoms with Gasteiger partial charge in [0, 0.05) is 10.9 Å². The Labute approximate surface area is 160 Å². The maximum atomic E-state index is 12.3. The minimum Gasteiger partial charge on any atom is -0.451 e. The molecule has 2 N–H and O–H groups in total. The first kappa shape index (κ1) is 17.7. The molecule has 2 amide bonds. The predicted molar refractivity (Wildman–Crippen MR) is 102 cm³/mol. The highest BCUT2D eigenvalue weighted by Gasteiger charge is 2.25. The number of thiophene rings is 1. The van der Waals surface area contributed by atoms with Crippen LogP contribution in [0.15, 0.2) is 30.3 Å². The van der Waals surface area contributed by atoms with Crippen LogP contribution < -0.4 is 10.6 Å². The normalized spacial score (nSPS) is 15.1. The van der Waals surface area contributed by atoms with Gasteiger partial charge in [0.25, 0.3) is 11.8 Å². The first-order chi connectivity index (χ1) is 13.1. The largest absolute Gasteiger partial charge is 0.451 e. The fourth-order valence-corrected chi connectivity index (χ4v) is 4.25. The summed E-state index contributed by atoms with van der Waals surface area (Å²) in [6.45, 7) is -0.389. The zero-order valence-electron chi connectivity index (χ0n) is 14.7. The molecule has 1 fully saturated rings. The molecule has 2 aromatic rings. The number of rotatable bonds is 6. The quantitative estimate of drug-likeness (QED) is 0.750. The van der Waals surface area contributed by atoms with Crippen LogP contribution in [0.3, 0.4) is 0 Å². The van der Waals surface area contributed by atoms with Crippen molar-refractivity contribution in [2.45, 2.75) is 38.1 Å². The van der Waals surface area contributed by atoms with Crippen molar-refractivity contribution in [1.82, 2.24) is 5.32 Å². The summed E-state index contributed by atoms with van der Waals surface area (Å²) in [7, 11) is 0. The molecule has 4 rings (SSSR count). The summed E-state index contributed by atoms with van der Waals surface area (Å²) in [5, 5.41) is 5.56. The van der Waals surface area contributed by atoms with Gasteiger partial charge in [-0.3, -0.25) is 9.59 Å². The molecule has 6 nitrogen and oxygen atoms in total. The van der Waals surface area contributed by atoms with Gasteiger partial charge in [0.05, 0.1) is 11.3 Å². The zero-order chi connectivity index (χ0) is 18.8. The second-order valence-electron chi connectivity index (χ2n) is 6.83.